The van der Waals surface area contributed by atoms with Crippen LogP contribution in [0.3, 0.4) is 0 Å². The molecule has 0 unspecified atom stereocenters. The number of methoxy groups -OCH3 is 1. The lowest BCUT2D eigenvalue weighted by molar-refractivity contribution is -0.151. The molecule has 7 nitrogen and oxygen atoms in total. The summed E-state index contributed by atoms with van der Waals surface area (Å²) in [6, 6.07) is 4.94. The van der Waals surface area contributed by atoms with Crippen molar-refractivity contribution in [3.05, 3.63) is 23.8 Å². The van der Waals surface area contributed by atoms with E-state index in [9.17, 15) is 9.59 Å². The fourth-order valence-corrected chi connectivity index (χ4v) is 3.31. The van der Waals surface area contributed by atoms with E-state index in [0.29, 0.717) is 30.0 Å². The maximum Gasteiger partial charge on any atom is 0.308 e. The Hall–Kier alpha value is -2.28. The Labute approximate surface area is 140 Å². The van der Waals surface area contributed by atoms with Crippen LogP contribution in [0.5, 0.6) is 5.75 Å². The average Bonchev–Trinajstić information content (AvgIpc) is 2.58. The normalized spacial score (nSPS) is 26.5. The van der Waals surface area contributed by atoms with E-state index in [1.165, 1.54) is 7.11 Å². The van der Waals surface area contributed by atoms with Crippen LogP contribution in [0.1, 0.15) is 29.6 Å². The van der Waals surface area contributed by atoms with Crippen LogP contribution in [-0.2, 0) is 14.3 Å². The summed E-state index contributed by atoms with van der Waals surface area (Å²) < 4.78 is 16.5. The lowest BCUT2D eigenvalue weighted by Crippen LogP contribution is -2.53. The predicted octanol–water partition coefficient (Wildman–Crippen LogP) is 1.21. The van der Waals surface area contributed by atoms with Gasteiger partial charge in [0.15, 0.2) is 0 Å². The number of carbonyl (C=O) groups excluding carboxylic acids is 2. The van der Waals surface area contributed by atoms with Crippen LogP contribution in [-0.4, -0.2) is 55.8 Å². The van der Waals surface area contributed by atoms with Gasteiger partial charge in [0.1, 0.15) is 18.5 Å². The Bertz CT molecular complexity index is 648. The lowest BCUT2D eigenvalue weighted by atomic mass is 9.94. The van der Waals surface area contributed by atoms with Gasteiger partial charge < -0.3 is 24.8 Å². The molecule has 2 aliphatic heterocycles. The Morgan fingerprint density at radius 2 is 2.21 bits per heavy atom. The third kappa shape index (κ3) is 3.17. The first-order valence-corrected chi connectivity index (χ1v) is 8.01. The van der Waals surface area contributed by atoms with Crippen LogP contribution in [0.4, 0.5) is 5.69 Å². The first kappa shape index (κ1) is 16.6. The van der Waals surface area contributed by atoms with E-state index >= 15 is 0 Å². The summed E-state index contributed by atoms with van der Waals surface area (Å²) in [5.74, 6) is 0.0654. The van der Waals surface area contributed by atoms with Crippen LogP contribution < -0.4 is 10.5 Å². The van der Waals surface area contributed by atoms with E-state index in [2.05, 4.69) is 0 Å². The summed E-state index contributed by atoms with van der Waals surface area (Å²) in [5, 5.41) is 0. The second-order valence-corrected chi connectivity index (χ2v) is 6.20. The van der Waals surface area contributed by atoms with Crippen molar-refractivity contribution in [2.24, 2.45) is 0 Å². The van der Waals surface area contributed by atoms with Gasteiger partial charge in [-0.2, -0.15) is 0 Å². The largest absolute Gasteiger partial charge is 0.490 e. The number of nitrogens with zero attached hydrogens (tertiary/aromatic N) is 1. The molecule has 3 atom stereocenters. The first-order valence-electron chi connectivity index (χ1n) is 8.01. The summed E-state index contributed by atoms with van der Waals surface area (Å²) in [7, 11) is 3.13. The number of hydrogen-bond donors (Lipinski definition) is 1. The fraction of sp³-hybridized carbons (Fsp3) is 0.529. The summed E-state index contributed by atoms with van der Waals surface area (Å²) in [6.07, 6.45) is 1.15. The number of anilines is 1. The zero-order chi connectivity index (χ0) is 17.3. The molecule has 0 aromatic heterocycles. The van der Waals surface area contributed by atoms with Crippen LogP contribution in [0.15, 0.2) is 18.2 Å². The van der Waals surface area contributed by atoms with Crippen molar-refractivity contribution in [3.63, 3.8) is 0 Å². The van der Waals surface area contributed by atoms with E-state index < -0.39 is 0 Å². The van der Waals surface area contributed by atoms with Crippen molar-refractivity contribution in [1.82, 2.24) is 4.90 Å². The van der Waals surface area contributed by atoms with Crippen LogP contribution in [0, 0.1) is 0 Å². The molecule has 130 valence electrons. The third-order valence-electron chi connectivity index (χ3n) is 4.66. The molecule has 0 spiro atoms. The third-order valence-corrected chi connectivity index (χ3v) is 4.66. The number of benzene rings is 1. The van der Waals surface area contributed by atoms with Crippen molar-refractivity contribution in [1.29, 1.82) is 0 Å². The van der Waals surface area contributed by atoms with E-state index in [1.54, 1.807) is 30.1 Å². The second kappa shape index (κ2) is 6.68. The minimum Gasteiger partial charge on any atom is -0.490 e. The zero-order valence-electron chi connectivity index (χ0n) is 13.9. The number of amides is 1. The molecule has 0 radical (unpaired) electrons. The van der Waals surface area contributed by atoms with Crippen molar-refractivity contribution >= 4 is 17.6 Å². The van der Waals surface area contributed by atoms with Crippen LogP contribution in [0.2, 0.25) is 0 Å². The van der Waals surface area contributed by atoms with Gasteiger partial charge in [-0.25, -0.2) is 0 Å². The van der Waals surface area contributed by atoms with Gasteiger partial charge in [-0.3, -0.25) is 9.59 Å². The molecule has 7 heteroatoms. The van der Waals surface area contributed by atoms with Crippen molar-refractivity contribution in [2.45, 2.75) is 37.5 Å². The van der Waals surface area contributed by atoms with E-state index in [-0.39, 0.29) is 36.5 Å². The van der Waals surface area contributed by atoms with E-state index in [4.69, 9.17) is 19.9 Å². The minimum absolute atomic E-state index is 0.0963. The number of hydrogen-bond acceptors (Lipinski definition) is 6. The molecule has 1 amide bonds. The van der Waals surface area contributed by atoms with Gasteiger partial charge in [0, 0.05) is 12.7 Å². The van der Waals surface area contributed by atoms with Gasteiger partial charge >= 0.3 is 5.97 Å². The van der Waals surface area contributed by atoms with Crippen molar-refractivity contribution in [2.75, 3.05) is 26.5 Å². The number of carbonyl (C=O) groups is 2. The number of nitrogen functional groups attached to an aromatic ring is 1. The minimum atomic E-state index is -0.296. The predicted molar refractivity (Wildman–Crippen MR) is 86.8 cm³/mol. The Morgan fingerprint density at radius 3 is 2.96 bits per heavy atom. The molecule has 2 N–H and O–H groups in total. The van der Waals surface area contributed by atoms with Crippen molar-refractivity contribution in [3.8, 4) is 5.75 Å². The molecular weight excluding hydrogens is 312 g/mol. The molecular formula is C17H22N2O5. The van der Waals surface area contributed by atoms with Gasteiger partial charge in [-0.1, -0.05) is 0 Å². The van der Waals surface area contributed by atoms with Gasteiger partial charge in [-0.15, -0.1) is 0 Å². The average molecular weight is 334 g/mol. The quantitative estimate of drug-likeness (QED) is 0.646. The molecule has 24 heavy (non-hydrogen) atoms. The van der Waals surface area contributed by atoms with Gasteiger partial charge in [0.05, 0.1) is 31.2 Å². The SMILES string of the molecule is COC(=O)C[C@@H]1CC[C@H]2[C@@H](COc3ccc(N)cc3C(=O)N2C)O1. The lowest BCUT2D eigenvalue weighted by Gasteiger charge is -2.42. The van der Waals surface area contributed by atoms with Gasteiger partial charge in [-0.05, 0) is 31.0 Å². The topological polar surface area (TPSA) is 91.1 Å². The highest BCUT2D eigenvalue weighted by molar-refractivity contribution is 5.98. The maximum atomic E-state index is 12.8. The second-order valence-electron chi connectivity index (χ2n) is 6.20. The standard InChI is InChI=1S/C17H22N2O5/c1-19-13-5-4-11(8-16(20)22-2)24-15(13)9-23-14-6-3-10(18)7-12(14)17(19)21/h3,6-7,11,13,15H,4-5,8-9,18H2,1-2H3/t11-,13-,15+/m0/s1. The smallest absolute Gasteiger partial charge is 0.308 e. The highest BCUT2D eigenvalue weighted by atomic mass is 16.5. The number of likely N-dealkylation sites (N-methyl/N-ethyl adjacent to an activating group) is 1. The summed E-state index contributed by atoms with van der Waals surface area (Å²) in [4.78, 5) is 25.9. The van der Waals surface area contributed by atoms with Crippen LogP contribution in [0.25, 0.3) is 0 Å². The molecule has 0 aliphatic carbocycles. The Morgan fingerprint density at radius 1 is 1.42 bits per heavy atom. The number of esters is 1. The van der Waals surface area contributed by atoms with Gasteiger partial charge in [0.25, 0.3) is 5.91 Å². The molecule has 0 saturated carbocycles. The molecule has 1 fully saturated rings. The molecule has 1 aromatic carbocycles. The summed E-state index contributed by atoms with van der Waals surface area (Å²) >= 11 is 0. The summed E-state index contributed by atoms with van der Waals surface area (Å²) in [6.45, 7) is 0.316. The number of fused-ring (bicyclic) bond motifs is 2. The van der Waals surface area contributed by atoms with E-state index in [0.717, 1.165) is 6.42 Å². The van der Waals surface area contributed by atoms with E-state index in [1.807, 2.05) is 0 Å². The monoisotopic (exact) mass is 334 g/mol. The Balaban J connectivity index is 1.81. The van der Waals surface area contributed by atoms with Crippen LogP contribution >= 0.6 is 0 Å². The summed E-state index contributed by atoms with van der Waals surface area (Å²) in [5.41, 5.74) is 6.78. The highest BCUT2D eigenvalue weighted by Gasteiger charge is 2.39. The molecule has 3 rings (SSSR count). The maximum absolute atomic E-state index is 12.8. The molecule has 0 bridgehead atoms. The molecule has 1 saturated heterocycles. The molecule has 2 aliphatic rings. The highest BCUT2D eigenvalue weighted by Crippen LogP contribution is 2.32. The number of rotatable bonds is 2. The molecule has 1 aromatic rings. The zero-order valence-corrected chi connectivity index (χ0v) is 13.9. The first-order chi connectivity index (χ1) is 11.5. The van der Waals surface area contributed by atoms with Gasteiger partial charge in [0.2, 0.25) is 0 Å². The number of ether oxygens (including phenoxy) is 3. The Kier molecular flexibility index (Phi) is 4.62. The fourth-order valence-electron chi connectivity index (χ4n) is 3.31. The number of nitrogens with two attached hydrogens (primary N) is 1. The molecule has 2 heterocycles. The van der Waals surface area contributed by atoms with Crippen molar-refractivity contribution < 1.29 is 23.8 Å².